The second-order valence-corrected chi connectivity index (χ2v) is 7.23. The predicted molar refractivity (Wildman–Crippen MR) is 86.1 cm³/mol. The van der Waals surface area contributed by atoms with Gasteiger partial charge >= 0.3 is 0 Å². The van der Waals surface area contributed by atoms with E-state index in [0.29, 0.717) is 17.9 Å². The van der Waals surface area contributed by atoms with E-state index in [1.807, 2.05) is 0 Å². The minimum Gasteiger partial charge on any atom is -0.491 e. The highest BCUT2D eigenvalue weighted by atomic mass is 32.2. The maximum Gasteiger partial charge on any atom is 0.251 e. The van der Waals surface area contributed by atoms with Gasteiger partial charge in [0.05, 0.1) is 12.4 Å². The molecule has 1 atom stereocenters. The maximum atomic E-state index is 11.9. The quantitative estimate of drug-likeness (QED) is 0.672. The number of hydrogen-bond donors (Lipinski definition) is 2. The lowest BCUT2D eigenvalue weighted by molar-refractivity contribution is 0.0679. The number of nitrogens with one attached hydrogen (secondary N) is 2. The van der Waals surface area contributed by atoms with Crippen molar-refractivity contribution in [3.05, 3.63) is 29.8 Å². The van der Waals surface area contributed by atoms with E-state index >= 15 is 0 Å². The van der Waals surface area contributed by atoms with Crippen molar-refractivity contribution in [1.82, 2.24) is 10.0 Å². The molecule has 2 rings (SSSR count). The Morgan fingerprint density at radius 2 is 2.04 bits per heavy atom. The molecule has 23 heavy (non-hydrogen) atoms. The maximum absolute atomic E-state index is 11.9. The molecule has 0 aromatic heterocycles. The van der Waals surface area contributed by atoms with Gasteiger partial charge in [0.25, 0.3) is 5.91 Å². The molecule has 7 nitrogen and oxygen atoms in total. The largest absolute Gasteiger partial charge is 0.491 e. The number of hydrogen-bond acceptors (Lipinski definition) is 5. The van der Waals surface area contributed by atoms with E-state index in [9.17, 15) is 13.2 Å². The van der Waals surface area contributed by atoms with Crippen LogP contribution in [0.5, 0.6) is 5.75 Å². The summed E-state index contributed by atoms with van der Waals surface area (Å²) in [5.41, 5.74) is 0.494. The number of amides is 1. The Labute approximate surface area is 136 Å². The van der Waals surface area contributed by atoms with Gasteiger partial charge in [0.2, 0.25) is 10.0 Å². The van der Waals surface area contributed by atoms with E-state index in [1.54, 1.807) is 24.3 Å². The summed E-state index contributed by atoms with van der Waals surface area (Å²) in [5.74, 6) is 0.432. The summed E-state index contributed by atoms with van der Waals surface area (Å²) in [7, 11) is -3.23. The summed E-state index contributed by atoms with van der Waals surface area (Å²) in [6, 6.07) is 6.81. The third-order valence-electron chi connectivity index (χ3n) is 3.35. The van der Waals surface area contributed by atoms with Crippen molar-refractivity contribution in [2.24, 2.45) is 0 Å². The highest BCUT2D eigenvalue weighted by Gasteiger charge is 2.16. The first kappa shape index (κ1) is 17.7. The smallest absolute Gasteiger partial charge is 0.251 e. The van der Waals surface area contributed by atoms with Crippen molar-refractivity contribution >= 4 is 15.9 Å². The molecule has 1 amide bonds. The first-order valence-electron chi connectivity index (χ1n) is 7.51. The fourth-order valence-corrected chi connectivity index (χ4v) is 2.65. The molecule has 1 aliphatic heterocycles. The van der Waals surface area contributed by atoms with Crippen LogP contribution in [-0.4, -0.2) is 53.0 Å². The lowest BCUT2D eigenvalue weighted by Gasteiger charge is -2.11. The lowest BCUT2D eigenvalue weighted by Crippen LogP contribution is -2.34. The molecular weight excluding hydrogens is 320 g/mol. The molecule has 0 unspecified atom stereocenters. The molecule has 1 heterocycles. The number of carbonyl (C=O) groups excluding carboxylic acids is 1. The van der Waals surface area contributed by atoms with Crippen LogP contribution in [0.25, 0.3) is 0 Å². The minimum atomic E-state index is -3.23. The predicted octanol–water partition coefficient (Wildman–Crippen LogP) is 0.523. The Kier molecular flexibility index (Phi) is 6.37. The van der Waals surface area contributed by atoms with Crippen LogP contribution in [0.2, 0.25) is 0 Å². The summed E-state index contributed by atoms with van der Waals surface area (Å²) >= 11 is 0. The first-order chi connectivity index (χ1) is 10.9. The highest BCUT2D eigenvalue weighted by Crippen LogP contribution is 2.16. The molecule has 8 heteroatoms. The fourth-order valence-electron chi connectivity index (χ4n) is 2.18. The summed E-state index contributed by atoms with van der Waals surface area (Å²) in [6.07, 6.45) is 3.31. The molecular formula is C15H22N2O5S. The van der Waals surface area contributed by atoms with Gasteiger partial charge in [-0.05, 0) is 37.1 Å². The molecule has 0 saturated carbocycles. The second kappa shape index (κ2) is 8.28. The Bertz CT molecular complexity index is 609. The topological polar surface area (TPSA) is 93.7 Å². The van der Waals surface area contributed by atoms with Gasteiger partial charge in [-0.3, -0.25) is 4.79 Å². The molecule has 2 N–H and O–H groups in total. The second-order valence-electron chi connectivity index (χ2n) is 5.39. The van der Waals surface area contributed by atoms with Crippen LogP contribution in [0.15, 0.2) is 24.3 Å². The van der Waals surface area contributed by atoms with Crippen molar-refractivity contribution in [2.75, 3.05) is 32.6 Å². The van der Waals surface area contributed by atoms with Crippen LogP contribution in [0.1, 0.15) is 23.2 Å². The van der Waals surface area contributed by atoms with Gasteiger partial charge < -0.3 is 14.8 Å². The summed E-state index contributed by atoms with van der Waals surface area (Å²) < 4.78 is 35.2. The van der Waals surface area contributed by atoms with Crippen LogP contribution in [0.4, 0.5) is 0 Å². The van der Waals surface area contributed by atoms with Gasteiger partial charge in [0, 0.05) is 25.3 Å². The van der Waals surface area contributed by atoms with Gasteiger partial charge in [0.1, 0.15) is 12.4 Å². The zero-order chi connectivity index (χ0) is 16.7. The number of rotatable bonds is 8. The van der Waals surface area contributed by atoms with Crippen LogP contribution in [0, 0.1) is 0 Å². The van der Waals surface area contributed by atoms with Crippen LogP contribution in [0.3, 0.4) is 0 Å². The van der Waals surface area contributed by atoms with E-state index < -0.39 is 10.0 Å². The molecule has 0 spiro atoms. The summed E-state index contributed by atoms with van der Waals surface area (Å²) in [5, 5.41) is 2.64. The number of carbonyl (C=O) groups is 1. The Hall–Kier alpha value is -1.64. The first-order valence-corrected chi connectivity index (χ1v) is 9.40. The summed E-state index contributed by atoms with van der Waals surface area (Å²) in [6.45, 7) is 1.69. The van der Waals surface area contributed by atoms with E-state index in [4.69, 9.17) is 9.47 Å². The summed E-state index contributed by atoms with van der Waals surface area (Å²) in [4.78, 5) is 11.9. The molecule has 128 valence electrons. The van der Waals surface area contributed by atoms with E-state index in [0.717, 1.165) is 25.7 Å². The molecule has 0 bridgehead atoms. The molecule has 1 fully saturated rings. The molecule has 1 aliphatic rings. The number of ether oxygens (including phenoxy) is 2. The average molecular weight is 342 g/mol. The molecule has 1 aromatic carbocycles. The number of sulfonamides is 1. The third-order valence-corrected chi connectivity index (χ3v) is 4.08. The Morgan fingerprint density at radius 3 is 2.65 bits per heavy atom. The fraction of sp³-hybridized carbons (Fsp3) is 0.533. The van der Waals surface area contributed by atoms with Gasteiger partial charge in [-0.15, -0.1) is 0 Å². The molecule has 0 aliphatic carbocycles. The van der Waals surface area contributed by atoms with Crippen molar-refractivity contribution < 1.29 is 22.7 Å². The Morgan fingerprint density at radius 1 is 1.30 bits per heavy atom. The lowest BCUT2D eigenvalue weighted by atomic mass is 10.2. The molecule has 1 aromatic rings. The van der Waals surface area contributed by atoms with Crippen molar-refractivity contribution in [1.29, 1.82) is 0 Å². The Balaban J connectivity index is 1.73. The normalized spacial score (nSPS) is 17.9. The van der Waals surface area contributed by atoms with Gasteiger partial charge in [0.15, 0.2) is 0 Å². The standard InChI is InChI=1S/C15H22N2O5S/c1-23(19,20)17-9-8-16-15(18)12-4-6-13(7-5-12)22-11-14-3-2-10-21-14/h4-7,14,17H,2-3,8-11H2,1H3,(H,16,18)/t14-/m1/s1. The van der Waals surface area contributed by atoms with Crippen LogP contribution < -0.4 is 14.8 Å². The minimum absolute atomic E-state index is 0.153. The van der Waals surface area contributed by atoms with Crippen LogP contribution in [-0.2, 0) is 14.8 Å². The van der Waals surface area contributed by atoms with E-state index in [-0.39, 0.29) is 25.1 Å². The van der Waals surface area contributed by atoms with Crippen molar-refractivity contribution in [3.63, 3.8) is 0 Å². The number of benzene rings is 1. The monoisotopic (exact) mass is 342 g/mol. The van der Waals surface area contributed by atoms with Crippen molar-refractivity contribution in [3.8, 4) is 5.75 Å². The SMILES string of the molecule is CS(=O)(=O)NCCNC(=O)c1ccc(OC[C@H]2CCCO2)cc1. The van der Waals surface area contributed by atoms with E-state index in [2.05, 4.69) is 10.0 Å². The highest BCUT2D eigenvalue weighted by molar-refractivity contribution is 7.88. The zero-order valence-corrected chi connectivity index (χ0v) is 13.9. The molecule has 0 radical (unpaired) electrons. The zero-order valence-electron chi connectivity index (χ0n) is 13.1. The van der Waals surface area contributed by atoms with Gasteiger partial charge in [-0.1, -0.05) is 0 Å². The average Bonchev–Trinajstić information content (AvgIpc) is 3.02. The van der Waals surface area contributed by atoms with E-state index in [1.165, 1.54) is 0 Å². The third kappa shape index (κ3) is 6.55. The van der Waals surface area contributed by atoms with Crippen LogP contribution >= 0.6 is 0 Å². The van der Waals surface area contributed by atoms with Gasteiger partial charge in [-0.25, -0.2) is 13.1 Å². The van der Waals surface area contributed by atoms with Crippen molar-refractivity contribution in [2.45, 2.75) is 18.9 Å². The van der Waals surface area contributed by atoms with Gasteiger partial charge in [-0.2, -0.15) is 0 Å². The molecule has 1 saturated heterocycles.